The van der Waals surface area contributed by atoms with E-state index in [1.54, 1.807) is 12.0 Å². The Balaban J connectivity index is 1.62. The highest BCUT2D eigenvalue weighted by Gasteiger charge is 2.32. The van der Waals surface area contributed by atoms with Gasteiger partial charge in [-0.3, -0.25) is 0 Å². The van der Waals surface area contributed by atoms with Crippen LogP contribution < -0.4 is 5.32 Å². The fraction of sp³-hybridized carbons (Fsp3) is 0.500. The molecule has 1 saturated heterocycles. The van der Waals surface area contributed by atoms with Gasteiger partial charge in [-0.15, -0.1) is 0 Å². The van der Waals surface area contributed by atoms with Gasteiger partial charge >= 0.3 is 6.03 Å². The molecule has 0 aromatic carbocycles. The van der Waals surface area contributed by atoms with Crippen LogP contribution >= 0.6 is 0 Å². The van der Waals surface area contributed by atoms with Crippen LogP contribution in [-0.2, 0) is 17.9 Å². The molecule has 7 heteroatoms. The number of nitrogens with one attached hydrogen (secondary N) is 1. The first-order valence-corrected chi connectivity index (χ1v) is 7.71. The summed E-state index contributed by atoms with van der Waals surface area (Å²) in [5, 5.41) is 6.68. The Labute approximate surface area is 134 Å². The van der Waals surface area contributed by atoms with E-state index in [2.05, 4.69) is 10.5 Å². The molecule has 1 fully saturated rings. The van der Waals surface area contributed by atoms with Crippen molar-refractivity contribution in [2.45, 2.75) is 39.0 Å². The maximum atomic E-state index is 12.4. The maximum absolute atomic E-state index is 12.4. The van der Waals surface area contributed by atoms with Gasteiger partial charge in [0, 0.05) is 19.7 Å². The molecule has 2 amide bonds. The van der Waals surface area contributed by atoms with Crippen LogP contribution in [0.4, 0.5) is 4.79 Å². The lowest BCUT2D eigenvalue weighted by Gasteiger charge is -2.23. The largest absolute Gasteiger partial charge is 0.461 e. The van der Waals surface area contributed by atoms with Gasteiger partial charge in [-0.05, 0) is 31.9 Å². The molecule has 23 heavy (non-hydrogen) atoms. The predicted molar refractivity (Wildman–Crippen MR) is 81.6 cm³/mol. The number of methoxy groups -OCH3 is 1. The minimum atomic E-state index is -0.119. The highest BCUT2D eigenvalue weighted by atomic mass is 16.5. The molecule has 3 heterocycles. The van der Waals surface area contributed by atoms with E-state index in [0.29, 0.717) is 25.5 Å². The molecule has 1 aliphatic rings. The summed E-state index contributed by atoms with van der Waals surface area (Å²) in [7, 11) is 1.63. The van der Waals surface area contributed by atoms with E-state index in [9.17, 15) is 4.79 Å². The van der Waals surface area contributed by atoms with E-state index in [1.807, 2.05) is 25.1 Å². The molecule has 2 aromatic heterocycles. The number of carbonyl (C=O) groups excluding carboxylic acids is 1. The van der Waals surface area contributed by atoms with Crippen LogP contribution in [0.5, 0.6) is 0 Å². The SMILES string of the molecule is COCc1ccc([C@H]2CCCN2C(=O)NCc2cc(C)no2)o1. The van der Waals surface area contributed by atoms with Crippen LogP contribution in [0, 0.1) is 6.92 Å². The average molecular weight is 319 g/mol. The van der Waals surface area contributed by atoms with Crippen molar-refractivity contribution in [1.29, 1.82) is 0 Å². The molecule has 124 valence electrons. The Morgan fingerprint density at radius 1 is 1.48 bits per heavy atom. The van der Waals surface area contributed by atoms with Crippen LogP contribution in [0.3, 0.4) is 0 Å². The van der Waals surface area contributed by atoms with Crippen molar-refractivity contribution >= 4 is 6.03 Å². The third-order valence-corrected chi connectivity index (χ3v) is 3.90. The predicted octanol–water partition coefficient (Wildman–Crippen LogP) is 2.77. The molecule has 1 atom stereocenters. The third-order valence-electron chi connectivity index (χ3n) is 3.90. The molecule has 0 bridgehead atoms. The fourth-order valence-electron chi connectivity index (χ4n) is 2.86. The van der Waals surface area contributed by atoms with E-state index < -0.39 is 0 Å². The first-order valence-electron chi connectivity index (χ1n) is 7.71. The van der Waals surface area contributed by atoms with Crippen molar-refractivity contribution in [3.63, 3.8) is 0 Å². The number of aromatic nitrogens is 1. The van der Waals surface area contributed by atoms with Gasteiger partial charge in [-0.25, -0.2) is 4.79 Å². The molecule has 0 saturated carbocycles. The minimum absolute atomic E-state index is 0.0305. The molecule has 0 aliphatic carbocycles. The molecule has 1 aliphatic heterocycles. The molecule has 3 rings (SSSR count). The average Bonchev–Trinajstić information content (AvgIpc) is 3.24. The molecular formula is C16H21N3O4. The zero-order valence-electron chi connectivity index (χ0n) is 13.4. The number of hydrogen-bond donors (Lipinski definition) is 1. The monoisotopic (exact) mass is 319 g/mol. The number of rotatable bonds is 5. The highest BCUT2D eigenvalue weighted by molar-refractivity contribution is 5.74. The topological polar surface area (TPSA) is 80.7 Å². The van der Waals surface area contributed by atoms with Gasteiger partial charge in [0.25, 0.3) is 0 Å². The zero-order valence-corrected chi connectivity index (χ0v) is 13.4. The molecule has 0 radical (unpaired) electrons. The summed E-state index contributed by atoms with van der Waals surface area (Å²) in [4.78, 5) is 14.2. The summed E-state index contributed by atoms with van der Waals surface area (Å²) >= 11 is 0. The van der Waals surface area contributed by atoms with E-state index in [4.69, 9.17) is 13.7 Å². The van der Waals surface area contributed by atoms with Gasteiger partial charge < -0.3 is 23.9 Å². The summed E-state index contributed by atoms with van der Waals surface area (Å²) in [5.41, 5.74) is 0.801. The van der Waals surface area contributed by atoms with Crippen LogP contribution in [0.2, 0.25) is 0 Å². The van der Waals surface area contributed by atoms with Crippen molar-refractivity contribution in [1.82, 2.24) is 15.4 Å². The lowest BCUT2D eigenvalue weighted by molar-refractivity contribution is 0.156. The lowest BCUT2D eigenvalue weighted by atomic mass is 10.2. The number of furan rings is 1. The summed E-state index contributed by atoms with van der Waals surface area (Å²) in [6.45, 7) is 3.33. The Hall–Kier alpha value is -2.28. The zero-order chi connectivity index (χ0) is 16.2. The third kappa shape index (κ3) is 3.56. The number of hydrogen-bond acceptors (Lipinski definition) is 5. The first kappa shape index (κ1) is 15.6. The van der Waals surface area contributed by atoms with Crippen molar-refractivity contribution in [3.8, 4) is 0 Å². The van der Waals surface area contributed by atoms with Crippen molar-refractivity contribution in [3.05, 3.63) is 41.2 Å². The smallest absolute Gasteiger partial charge is 0.318 e. The van der Waals surface area contributed by atoms with Gasteiger partial charge in [0.1, 0.15) is 18.1 Å². The second kappa shape index (κ2) is 6.87. The minimum Gasteiger partial charge on any atom is -0.461 e. The number of carbonyl (C=O) groups is 1. The Kier molecular flexibility index (Phi) is 4.66. The Morgan fingerprint density at radius 3 is 3.09 bits per heavy atom. The standard InChI is InChI=1S/C16H21N3O4/c1-11-8-13(23-18-11)9-17-16(20)19-7-3-4-14(19)15-6-5-12(22-15)10-21-2/h5-6,8,14H,3-4,7,9-10H2,1-2H3,(H,17,20)/t14-/m1/s1. The lowest BCUT2D eigenvalue weighted by Crippen LogP contribution is -2.39. The molecule has 2 aromatic rings. The van der Waals surface area contributed by atoms with E-state index >= 15 is 0 Å². The van der Waals surface area contributed by atoms with Gasteiger partial charge in [0.2, 0.25) is 0 Å². The molecule has 1 N–H and O–H groups in total. The number of urea groups is 1. The van der Waals surface area contributed by atoms with Gasteiger partial charge in [-0.1, -0.05) is 5.16 Å². The van der Waals surface area contributed by atoms with Gasteiger partial charge in [-0.2, -0.15) is 0 Å². The Bertz CT molecular complexity index is 664. The van der Waals surface area contributed by atoms with Crippen LogP contribution in [-0.4, -0.2) is 29.7 Å². The normalized spacial score (nSPS) is 17.7. The number of amides is 2. The van der Waals surface area contributed by atoms with E-state index in [1.165, 1.54) is 0 Å². The summed E-state index contributed by atoms with van der Waals surface area (Å²) in [5.74, 6) is 2.22. The van der Waals surface area contributed by atoms with Crippen LogP contribution in [0.15, 0.2) is 27.1 Å². The van der Waals surface area contributed by atoms with Crippen LogP contribution in [0.1, 0.15) is 41.9 Å². The quantitative estimate of drug-likeness (QED) is 0.916. The number of aryl methyl sites for hydroxylation is 1. The fourth-order valence-corrected chi connectivity index (χ4v) is 2.86. The summed E-state index contributed by atoms with van der Waals surface area (Å²) in [6, 6.07) is 5.48. The van der Waals surface area contributed by atoms with Crippen molar-refractivity contribution in [2.24, 2.45) is 0 Å². The van der Waals surface area contributed by atoms with Gasteiger partial charge in [0.05, 0.1) is 18.3 Å². The number of nitrogens with zero attached hydrogens (tertiary/aromatic N) is 2. The number of ether oxygens (including phenoxy) is 1. The molecule has 7 nitrogen and oxygen atoms in total. The second-order valence-electron chi connectivity index (χ2n) is 5.68. The van der Waals surface area contributed by atoms with Crippen molar-refractivity contribution < 1.29 is 18.5 Å². The summed E-state index contributed by atoms with van der Waals surface area (Å²) < 4.78 is 15.9. The summed E-state index contributed by atoms with van der Waals surface area (Å²) in [6.07, 6.45) is 1.86. The highest BCUT2D eigenvalue weighted by Crippen LogP contribution is 2.33. The Morgan fingerprint density at radius 2 is 2.35 bits per heavy atom. The molecule has 0 unspecified atom stereocenters. The molecule has 0 spiro atoms. The van der Waals surface area contributed by atoms with E-state index in [0.717, 1.165) is 30.1 Å². The van der Waals surface area contributed by atoms with Crippen molar-refractivity contribution in [2.75, 3.05) is 13.7 Å². The van der Waals surface area contributed by atoms with Gasteiger partial charge in [0.15, 0.2) is 5.76 Å². The second-order valence-corrected chi connectivity index (χ2v) is 5.68. The number of likely N-dealkylation sites (tertiary alicyclic amines) is 1. The molecular weight excluding hydrogens is 298 g/mol. The van der Waals surface area contributed by atoms with E-state index in [-0.39, 0.29) is 12.1 Å². The maximum Gasteiger partial charge on any atom is 0.318 e. The van der Waals surface area contributed by atoms with Crippen LogP contribution in [0.25, 0.3) is 0 Å². The first-order chi connectivity index (χ1) is 11.2.